The summed E-state index contributed by atoms with van der Waals surface area (Å²) in [6.45, 7) is -0.661. The highest BCUT2D eigenvalue weighted by Gasteiger charge is 2.45. The quantitative estimate of drug-likeness (QED) is 0.369. The first-order valence-corrected chi connectivity index (χ1v) is 8.46. The molecule has 1 aliphatic heterocycles. The van der Waals surface area contributed by atoms with Gasteiger partial charge < -0.3 is 40.1 Å². The number of phenols is 2. The van der Waals surface area contributed by atoms with Crippen molar-refractivity contribution >= 4 is 5.78 Å². The molecule has 28 heavy (non-hydrogen) atoms. The van der Waals surface area contributed by atoms with Crippen molar-refractivity contribution in [3.63, 3.8) is 0 Å². The fraction of sp³-hybridized carbons (Fsp3) is 0.316. The van der Waals surface area contributed by atoms with Crippen molar-refractivity contribution in [1.82, 2.24) is 0 Å². The van der Waals surface area contributed by atoms with E-state index < -0.39 is 54.6 Å². The minimum Gasteiger partial charge on any atom is -0.508 e. The number of carbonyl (C=O) groups is 1. The molecule has 1 saturated heterocycles. The standard InChI is InChI=1S/C19H20O9/c20-8-13-16(24)17(25)18(26)19(28-13)27-12-7-10(21)6-11(22)14(12)15(23)9-4-2-1-3-5-9/h1-7,13,16-22,24-26H,8H2. The maximum atomic E-state index is 12.8. The average molecular weight is 392 g/mol. The zero-order chi connectivity index (χ0) is 20.4. The van der Waals surface area contributed by atoms with Gasteiger partial charge in [0.15, 0.2) is 0 Å². The van der Waals surface area contributed by atoms with E-state index in [1.165, 1.54) is 12.1 Å². The zero-order valence-electron chi connectivity index (χ0n) is 14.5. The van der Waals surface area contributed by atoms with E-state index in [9.17, 15) is 35.4 Å². The van der Waals surface area contributed by atoms with Crippen LogP contribution in [0.1, 0.15) is 15.9 Å². The maximum absolute atomic E-state index is 12.8. The first-order valence-electron chi connectivity index (χ1n) is 8.46. The van der Waals surface area contributed by atoms with Crippen LogP contribution < -0.4 is 4.74 Å². The smallest absolute Gasteiger partial charge is 0.229 e. The minimum absolute atomic E-state index is 0.238. The molecule has 0 spiro atoms. The third-order valence-electron chi connectivity index (χ3n) is 4.42. The second kappa shape index (κ2) is 8.13. The van der Waals surface area contributed by atoms with Crippen LogP contribution in [0.5, 0.6) is 17.2 Å². The molecule has 0 aliphatic carbocycles. The second-order valence-corrected chi connectivity index (χ2v) is 6.35. The lowest BCUT2D eigenvalue weighted by Crippen LogP contribution is -2.60. The number of aliphatic hydroxyl groups excluding tert-OH is 4. The zero-order valence-corrected chi connectivity index (χ0v) is 14.5. The number of aromatic hydroxyl groups is 2. The van der Waals surface area contributed by atoms with E-state index in [1.54, 1.807) is 18.2 Å². The lowest BCUT2D eigenvalue weighted by molar-refractivity contribution is -0.277. The summed E-state index contributed by atoms with van der Waals surface area (Å²) in [6.07, 6.45) is -7.79. The van der Waals surface area contributed by atoms with Crippen molar-refractivity contribution in [3.8, 4) is 17.2 Å². The summed E-state index contributed by atoms with van der Waals surface area (Å²) in [6, 6.07) is 10.00. The lowest BCUT2D eigenvalue weighted by atomic mass is 9.99. The second-order valence-electron chi connectivity index (χ2n) is 6.35. The third kappa shape index (κ3) is 3.79. The van der Waals surface area contributed by atoms with E-state index in [0.29, 0.717) is 0 Å². The van der Waals surface area contributed by atoms with E-state index in [-0.39, 0.29) is 16.9 Å². The average Bonchev–Trinajstić information content (AvgIpc) is 2.68. The molecule has 0 amide bonds. The molecular weight excluding hydrogens is 372 g/mol. The Labute approximate surface area is 159 Å². The maximum Gasteiger partial charge on any atom is 0.229 e. The number of carbonyl (C=O) groups excluding carboxylic acids is 1. The largest absolute Gasteiger partial charge is 0.508 e. The monoisotopic (exact) mass is 392 g/mol. The van der Waals surface area contributed by atoms with Gasteiger partial charge in [-0.3, -0.25) is 4.79 Å². The summed E-state index contributed by atoms with van der Waals surface area (Å²) in [7, 11) is 0. The fourth-order valence-corrected chi connectivity index (χ4v) is 2.93. The number of phenolic OH excluding ortho intramolecular Hbond substituents is 2. The Hall–Kier alpha value is -2.69. The van der Waals surface area contributed by atoms with E-state index in [0.717, 1.165) is 12.1 Å². The van der Waals surface area contributed by atoms with E-state index >= 15 is 0 Å². The normalized spacial score (nSPS) is 27.4. The highest BCUT2D eigenvalue weighted by atomic mass is 16.7. The van der Waals surface area contributed by atoms with Gasteiger partial charge >= 0.3 is 0 Å². The Morgan fingerprint density at radius 1 is 1.00 bits per heavy atom. The van der Waals surface area contributed by atoms with Crippen LogP contribution >= 0.6 is 0 Å². The van der Waals surface area contributed by atoms with Crippen LogP contribution in [0.15, 0.2) is 42.5 Å². The summed E-state index contributed by atoms with van der Waals surface area (Å²) in [5, 5.41) is 59.1. The van der Waals surface area contributed by atoms with Crippen LogP contribution in [0.2, 0.25) is 0 Å². The molecule has 1 fully saturated rings. The first-order chi connectivity index (χ1) is 13.3. The van der Waals surface area contributed by atoms with Gasteiger partial charge in [0.05, 0.1) is 6.61 Å². The molecule has 0 bridgehead atoms. The molecule has 150 valence electrons. The molecule has 6 N–H and O–H groups in total. The first kappa shape index (κ1) is 20.1. The van der Waals surface area contributed by atoms with E-state index in [2.05, 4.69) is 0 Å². The van der Waals surface area contributed by atoms with Gasteiger partial charge in [0.2, 0.25) is 12.1 Å². The Morgan fingerprint density at radius 3 is 2.32 bits per heavy atom. The molecule has 5 atom stereocenters. The Morgan fingerprint density at radius 2 is 1.68 bits per heavy atom. The molecule has 2 aromatic rings. The number of benzene rings is 2. The Kier molecular flexibility index (Phi) is 5.82. The van der Waals surface area contributed by atoms with Crippen molar-refractivity contribution < 1.29 is 44.9 Å². The molecule has 0 radical (unpaired) electrons. The molecule has 1 heterocycles. The SMILES string of the molecule is O=C(c1ccccc1)c1c(O)cc(O)cc1OC1OC(CO)C(O)C(O)C1O. The van der Waals surface area contributed by atoms with Gasteiger partial charge in [-0.25, -0.2) is 0 Å². The van der Waals surface area contributed by atoms with E-state index in [4.69, 9.17) is 9.47 Å². The summed E-state index contributed by atoms with van der Waals surface area (Å²) < 4.78 is 10.7. The van der Waals surface area contributed by atoms with Crippen LogP contribution in [0.3, 0.4) is 0 Å². The number of ether oxygens (including phenoxy) is 2. The Balaban J connectivity index is 1.97. The number of hydrogen-bond acceptors (Lipinski definition) is 9. The summed E-state index contributed by atoms with van der Waals surface area (Å²) in [5.41, 5.74) is -0.0527. The molecule has 5 unspecified atom stereocenters. The number of ketones is 1. The molecule has 0 saturated carbocycles. The third-order valence-corrected chi connectivity index (χ3v) is 4.42. The van der Waals surface area contributed by atoms with Crippen LogP contribution in [0, 0.1) is 0 Å². The van der Waals surface area contributed by atoms with Crippen molar-refractivity contribution in [2.75, 3.05) is 6.61 Å². The molecule has 2 aromatic carbocycles. The van der Waals surface area contributed by atoms with Crippen molar-refractivity contribution in [3.05, 3.63) is 53.6 Å². The van der Waals surface area contributed by atoms with Gasteiger partial charge in [0.25, 0.3) is 0 Å². The predicted molar refractivity (Wildman–Crippen MR) is 94.0 cm³/mol. The lowest BCUT2D eigenvalue weighted by Gasteiger charge is -2.39. The topological polar surface area (TPSA) is 157 Å². The van der Waals surface area contributed by atoms with Crippen molar-refractivity contribution in [1.29, 1.82) is 0 Å². The van der Waals surface area contributed by atoms with Gasteiger partial charge in [-0.1, -0.05) is 30.3 Å². The fourth-order valence-electron chi connectivity index (χ4n) is 2.93. The minimum atomic E-state index is -1.72. The molecular formula is C19H20O9. The van der Waals surface area contributed by atoms with Crippen LogP contribution in [0.4, 0.5) is 0 Å². The van der Waals surface area contributed by atoms with Gasteiger partial charge in [0.1, 0.15) is 47.2 Å². The van der Waals surface area contributed by atoms with E-state index in [1.807, 2.05) is 0 Å². The highest BCUT2D eigenvalue weighted by Crippen LogP contribution is 2.36. The van der Waals surface area contributed by atoms with Crippen LogP contribution in [-0.2, 0) is 4.74 Å². The Bertz CT molecular complexity index is 837. The highest BCUT2D eigenvalue weighted by molar-refractivity contribution is 6.12. The van der Waals surface area contributed by atoms with Crippen molar-refractivity contribution in [2.45, 2.75) is 30.7 Å². The molecule has 1 aliphatic rings. The van der Waals surface area contributed by atoms with Crippen molar-refractivity contribution in [2.24, 2.45) is 0 Å². The molecule has 0 aromatic heterocycles. The number of rotatable bonds is 5. The predicted octanol–water partition coefficient (Wildman–Crippen LogP) is -0.493. The number of hydrogen-bond donors (Lipinski definition) is 6. The number of aliphatic hydroxyl groups is 4. The van der Waals surface area contributed by atoms with Gasteiger partial charge in [-0.05, 0) is 0 Å². The van der Waals surface area contributed by atoms with Crippen LogP contribution in [0.25, 0.3) is 0 Å². The van der Waals surface area contributed by atoms with Crippen LogP contribution in [-0.4, -0.2) is 73.7 Å². The van der Waals surface area contributed by atoms with Gasteiger partial charge in [0, 0.05) is 17.7 Å². The molecule has 9 nitrogen and oxygen atoms in total. The van der Waals surface area contributed by atoms with Gasteiger partial charge in [-0.15, -0.1) is 0 Å². The summed E-state index contributed by atoms with van der Waals surface area (Å²) >= 11 is 0. The molecule has 3 rings (SSSR count). The summed E-state index contributed by atoms with van der Waals surface area (Å²) in [5.74, 6) is -1.90. The summed E-state index contributed by atoms with van der Waals surface area (Å²) in [4.78, 5) is 12.8. The molecule has 9 heteroatoms. The van der Waals surface area contributed by atoms with Gasteiger partial charge in [-0.2, -0.15) is 0 Å².